The van der Waals surface area contributed by atoms with Crippen LogP contribution in [0.2, 0.25) is 0 Å². The van der Waals surface area contributed by atoms with E-state index in [0.29, 0.717) is 0 Å². The number of carbonyl (C=O) groups is 1. The van der Waals surface area contributed by atoms with Crippen LogP contribution in [0.15, 0.2) is 42.5 Å². The van der Waals surface area contributed by atoms with Crippen molar-refractivity contribution in [3.05, 3.63) is 64.7 Å². The van der Waals surface area contributed by atoms with E-state index in [1.165, 1.54) is 11.1 Å². The van der Waals surface area contributed by atoms with Gasteiger partial charge in [-0.2, -0.15) is 0 Å². The van der Waals surface area contributed by atoms with Crippen LogP contribution in [0, 0.1) is 6.92 Å². The van der Waals surface area contributed by atoms with E-state index in [4.69, 9.17) is 0 Å². The summed E-state index contributed by atoms with van der Waals surface area (Å²) in [5.41, 5.74) is 5.47. The van der Waals surface area contributed by atoms with E-state index in [2.05, 4.69) is 29.7 Å². The Kier molecular flexibility index (Phi) is 3.65. The Hall–Kier alpha value is -2.29. The molecule has 0 aromatic heterocycles. The third-order valence-electron chi connectivity index (χ3n) is 4.08. The van der Waals surface area contributed by atoms with Gasteiger partial charge in [-0.3, -0.25) is 4.79 Å². The molecule has 3 nitrogen and oxygen atoms in total. The molecule has 1 aliphatic heterocycles. The molecule has 0 radical (unpaired) electrons. The Bertz CT molecular complexity index is 679. The van der Waals surface area contributed by atoms with Crippen LogP contribution in [-0.2, 0) is 6.42 Å². The van der Waals surface area contributed by atoms with Crippen LogP contribution in [0.3, 0.4) is 0 Å². The Morgan fingerprint density at radius 2 is 2.05 bits per heavy atom. The molecule has 1 heterocycles. The molecule has 1 aliphatic rings. The Labute approximate surface area is 125 Å². The molecule has 0 saturated heterocycles. The van der Waals surface area contributed by atoms with E-state index in [1.807, 2.05) is 37.3 Å². The molecule has 2 N–H and O–H groups in total. The number of rotatable bonds is 3. The maximum absolute atomic E-state index is 12.4. The summed E-state index contributed by atoms with van der Waals surface area (Å²) >= 11 is 0. The summed E-state index contributed by atoms with van der Waals surface area (Å²) in [5, 5.41) is 6.39. The van der Waals surface area contributed by atoms with Crippen LogP contribution in [0.25, 0.3) is 0 Å². The first-order valence-corrected chi connectivity index (χ1v) is 7.38. The van der Waals surface area contributed by atoms with Crippen LogP contribution < -0.4 is 10.6 Å². The summed E-state index contributed by atoms with van der Waals surface area (Å²) in [5.74, 6) is -0.0135. The Morgan fingerprint density at radius 3 is 2.86 bits per heavy atom. The molecule has 1 amide bonds. The maximum atomic E-state index is 12.4. The molecule has 0 bridgehead atoms. The van der Waals surface area contributed by atoms with Crippen LogP contribution in [0.4, 0.5) is 5.69 Å². The van der Waals surface area contributed by atoms with Gasteiger partial charge in [-0.05, 0) is 55.2 Å². The average molecular weight is 280 g/mol. The minimum atomic E-state index is -0.0135. The van der Waals surface area contributed by atoms with Crippen molar-refractivity contribution in [3.63, 3.8) is 0 Å². The number of benzene rings is 2. The molecule has 2 aromatic rings. The van der Waals surface area contributed by atoms with Gasteiger partial charge in [0.1, 0.15) is 0 Å². The molecule has 108 valence electrons. The van der Waals surface area contributed by atoms with E-state index in [-0.39, 0.29) is 11.9 Å². The van der Waals surface area contributed by atoms with E-state index >= 15 is 0 Å². The minimum Gasteiger partial charge on any atom is -0.384 e. The third-order valence-corrected chi connectivity index (χ3v) is 4.08. The zero-order valence-electron chi connectivity index (χ0n) is 12.4. The fourth-order valence-corrected chi connectivity index (χ4v) is 2.88. The molecule has 1 atom stereocenters. The summed E-state index contributed by atoms with van der Waals surface area (Å²) < 4.78 is 0. The van der Waals surface area contributed by atoms with Gasteiger partial charge in [0.15, 0.2) is 0 Å². The standard InChI is InChI=1S/C18H20N2O/c1-12-5-3-4-6-16(12)13(2)20-18(21)15-7-8-17-14(11-15)9-10-19-17/h3-8,11,13,19H,9-10H2,1-2H3,(H,20,21)/t13-/m0/s1. The zero-order valence-corrected chi connectivity index (χ0v) is 12.4. The quantitative estimate of drug-likeness (QED) is 0.904. The van der Waals surface area contributed by atoms with Crippen molar-refractivity contribution in [2.75, 3.05) is 11.9 Å². The second-order valence-electron chi connectivity index (χ2n) is 5.60. The molecular weight excluding hydrogens is 260 g/mol. The molecule has 3 heteroatoms. The Morgan fingerprint density at radius 1 is 1.24 bits per heavy atom. The van der Waals surface area contributed by atoms with E-state index < -0.39 is 0 Å². The summed E-state index contributed by atoms with van der Waals surface area (Å²) in [4.78, 5) is 12.4. The first-order valence-electron chi connectivity index (χ1n) is 7.38. The number of nitrogens with one attached hydrogen (secondary N) is 2. The van der Waals surface area contributed by atoms with Crippen LogP contribution in [0.1, 0.15) is 40.0 Å². The molecule has 0 aliphatic carbocycles. The second kappa shape index (κ2) is 5.60. The topological polar surface area (TPSA) is 41.1 Å². The SMILES string of the molecule is Cc1ccccc1[C@H](C)NC(=O)c1ccc2c(c1)CCN2. The fourth-order valence-electron chi connectivity index (χ4n) is 2.88. The van der Waals surface area contributed by atoms with Gasteiger partial charge in [0.25, 0.3) is 5.91 Å². The monoisotopic (exact) mass is 280 g/mol. The largest absolute Gasteiger partial charge is 0.384 e. The molecule has 21 heavy (non-hydrogen) atoms. The average Bonchev–Trinajstić information content (AvgIpc) is 2.94. The van der Waals surface area contributed by atoms with Gasteiger partial charge in [0.05, 0.1) is 6.04 Å². The molecular formula is C18H20N2O. The predicted octanol–water partition coefficient (Wildman–Crippen LogP) is 3.45. The van der Waals surface area contributed by atoms with Gasteiger partial charge in [-0.15, -0.1) is 0 Å². The molecule has 0 spiro atoms. The smallest absolute Gasteiger partial charge is 0.251 e. The number of carbonyl (C=O) groups excluding carboxylic acids is 1. The van der Waals surface area contributed by atoms with Gasteiger partial charge in [0, 0.05) is 17.8 Å². The summed E-state index contributed by atoms with van der Waals surface area (Å²) in [6, 6.07) is 14.0. The number of hydrogen-bond donors (Lipinski definition) is 2. The third kappa shape index (κ3) is 2.77. The number of aryl methyl sites for hydroxylation is 1. The molecule has 0 fully saturated rings. The first-order chi connectivity index (χ1) is 10.1. The lowest BCUT2D eigenvalue weighted by atomic mass is 10.0. The second-order valence-corrected chi connectivity index (χ2v) is 5.60. The van der Waals surface area contributed by atoms with E-state index in [1.54, 1.807) is 0 Å². The summed E-state index contributed by atoms with van der Waals surface area (Å²) in [6.07, 6.45) is 0.990. The summed E-state index contributed by atoms with van der Waals surface area (Å²) in [7, 11) is 0. The molecule has 2 aromatic carbocycles. The van der Waals surface area contributed by atoms with Crippen molar-refractivity contribution < 1.29 is 4.79 Å². The van der Waals surface area contributed by atoms with Gasteiger partial charge in [-0.25, -0.2) is 0 Å². The van der Waals surface area contributed by atoms with Crippen molar-refractivity contribution in [2.45, 2.75) is 26.3 Å². The first kappa shape index (κ1) is 13.7. The van der Waals surface area contributed by atoms with Gasteiger partial charge in [-0.1, -0.05) is 24.3 Å². The lowest BCUT2D eigenvalue weighted by Crippen LogP contribution is -2.27. The lowest BCUT2D eigenvalue weighted by Gasteiger charge is -2.17. The predicted molar refractivity (Wildman–Crippen MR) is 85.7 cm³/mol. The summed E-state index contributed by atoms with van der Waals surface area (Å²) in [6.45, 7) is 5.05. The van der Waals surface area contributed by atoms with Crippen LogP contribution in [-0.4, -0.2) is 12.5 Å². The van der Waals surface area contributed by atoms with Crippen molar-refractivity contribution in [2.24, 2.45) is 0 Å². The zero-order chi connectivity index (χ0) is 14.8. The normalized spacial score (nSPS) is 14.2. The minimum absolute atomic E-state index is 0.00470. The number of fused-ring (bicyclic) bond motifs is 1. The van der Waals surface area contributed by atoms with Crippen molar-refractivity contribution in [3.8, 4) is 0 Å². The fraction of sp³-hybridized carbons (Fsp3) is 0.278. The maximum Gasteiger partial charge on any atom is 0.251 e. The van der Waals surface area contributed by atoms with Crippen LogP contribution >= 0.6 is 0 Å². The number of amides is 1. The van der Waals surface area contributed by atoms with Crippen molar-refractivity contribution >= 4 is 11.6 Å². The van der Waals surface area contributed by atoms with Crippen molar-refractivity contribution in [1.29, 1.82) is 0 Å². The lowest BCUT2D eigenvalue weighted by molar-refractivity contribution is 0.0940. The number of anilines is 1. The molecule has 0 unspecified atom stereocenters. The highest BCUT2D eigenvalue weighted by atomic mass is 16.1. The van der Waals surface area contributed by atoms with Gasteiger partial charge in [0.2, 0.25) is 0 Å². The van der Waals surface area contributed by atoms with Crippen molar-refractivity contribution in [1.82, 2.24) is 5.32 Å². The molecule has 0 saturated carbocycles. The van der Waals surface area contributed by atoms with Gasteiger partial charge >= 0.3 is 0 Å². The van der Waals surface area contributed by atoms with E-state index in [0.717, 1.165) is 29.8 Å². The number of hydrogen-bond acceptors (Lipinski definition) is 2. The highest BCUT2D eigenvalue weighted by Crippen LogP contribution is 2.23. The van der Waals surface area contributed by atoms with Crippen LogP contribution in [0.5, 0.6) is 0 Å². The molecule has 3 rings (SSSR count). The van der Waals surface area contributed by atoms with Gasteiger partial charge < -0.3 is 10.6 Å². The Balaban J connectivity index is 1.76. The van der Waals surface area contributed by atoms with E-state index in [9.17, 15) is 4.79 Å². The highest BCUT2D eigenvalue weighted by molar-refractivity contribution is 5.95. The highest BCUT2D eigenvalue weighted by Gasteiger charge is 2.16.